The summed E-state index contributed by atoms with van der Waals surface area (Å²) < 4.78 is 5.58. The Morgan fingerprint density at radius 1 is 1.23 bits per heavy atom. The number of carbonyl (C=O) groups excluding carboxylic acids is 1. The van der Waals surface area contributed by atoms with E-state index in [2.05, 4.69) is 41.6 Å². The minimum atomic E-state index is -0.850. The maximum Gasteiger partial charge on any atom is 0.257 e. The molecule has 2 N–H and O–H groups in total. The van der Waals surface area contributed by atoms with Crippen molar-refractivity contribution in [3.05, 3.63) is 71.1 Å². The SMILES string of the molecule is CC.CC1=CCC(Nc2cc3c(C(=O)NC(C#N)c4ccccc4)c(C#N)oc3cn2)CC(C)C1. The van der Waals surface area contributed by atoms with Gasteiger partial charge in [0.15, 0.2) is 5.58 Å². The lowest BCUT2D eigenvalue weighted by atomic mass is 9.98. The van der Waals surface area contributed by atoms with Crippen LogP contribution in [0.4, 0.5) is 5.82 Å². The van der Waals surface area contributed by atoms with Gasteiger partial charge in [-0.2, -0.15) is 10.5 Å². The van der Waals surface area contributed by atoms with E-state index in [9.17, 15) is 15.3 Å². The molecule has 2 heterocycles. The fourth-order valence-electron chi connectivity index (χ4n) is 4.39. The van der Waals surface area contributed by atoms with Crippen LogP contribution in [0, 0.1) is 28.6 Å². The number of nitrogens with one attached hydrogen (secondary N) is 2. The van der Waals surface area contributed by atoms with Crippen LogP contribution in [0.25, 0.3) is 11.0 Å². The minimum absolute atomic E-state index is 0.104. The normalized spacial score (nSPS) is 18.1. The smallest absolute Gasteiger partial charge is 0.257 e. The Morgan fingerprint density at radius 3 is 2.66 bits per heavy atom. The third-order valence-corrected chi connectivity index (χ3v) is 5.90. The van der Waals surface area contributed by atoms with Gasteiger partial charge in [0.1, 0.15) is 23.5 Å². The number of amides is 1. The Hall–Kier alpha value is -4.10. The molecule has 1 aromatic carbocycles. The molecule has 2 aromatic heterocycles. The summed E-state index contributed by atoms with van der Waals surface area (Å²) in [5, 5.41) is 25.8. The Morgan fingerprint density at radius 2 is 1.97 bits per heavy atom. The summed E-state index contributed by atoms with van der Waals surface area (Å²) in [6.07, 6.45) is 6.78. The van der Waals surface area contributed by atoms with Crippen molar-refractivity contribution >= 4 is 22.7 Å². The number of furan rings is 1. The Labute approximate surface area is 206 Å². The quantitative estimate of drug-likeness (QED) is 0.426. The fourth-order valence-corrected chi connectivity index (χ4v) is 4.39. The van der Waals surface area contributed by atoms with Crippen LogP contribution >= 0.6 is 0 Å². The number of nitrogens with zero attached hydrogens (tertiary/aromatic N) is 3. The van der Waals surface area contributed by atoms with E-state index in [1.165, 1.54) is 11.8 Å². The zero-order valence-electron chi connectivity index (χ0n) is 20.6. The molecular formula is C28H31N5O2. The van der Waals surface area contributed by atoms with Gasteiger partial charge in [0.25, 0.3) is 5.91 Å². The van der Waals surface area contributed by atoms with E-state index in [1.807, 2.05) is 26.0 Å². The second-order valence-corrected chi connectivity index (χ2v) is 8.60. The molecule has 0 bridgehead atoms. The zero-order valence-corrected chi connectivity index (χ0v) is 20.6. The molecule has 1 amide bonds. The van der Waals surface area contributed by atoms with Gasteiger partial charge in [-0.25, -0.2) is 4.98 Å². The number of carbonyl (C=O) groups is 1. The van der Waals surface area contributed by atoms with Crippen LogP contribution in [0.15, 0.2) is 58.7 Å². The second-order valence-electron chi connectivity index (χ2n) is 8.60. The first-order chi connectivity index (χ1) is 17.0. The lowest BCUT2D eigenvalue weighted by Crippen LogP contribution is -2.28. The van der Waals surface area contributed by atoms with Crippen LogP contribution in [0.1, 0.15) is 74.7 Å². The Balaban J connectivity index is 0.00000167. The van der Waals surface area contributed by atoms with Crippen molar-refractivity contribution in [1.29, 1.82) is 10.5 Å². The van der Waals surface area contributed by atoms with Crippen LogP contribution in [-0.4, -0.2) is 16.9 Å². The summed E-state index contributed by atoms with van der Waals surface area (Å²) in [5.41, 5.74) is 2.52. The molecule has 3 aromatic rings. The number of benzene rings is 1. The van der Waals surface area contributed by atoms with Crippen LogP contribution in [0.3, 0.4) is 0 Å². The van der Waals surface area contributed by atoms with Gasteiger partial charge in [0.2, 0.25) is 5.76 Å². The monoisotopic (exact) mass is 469 g/mol. The number of hydrogen-bond donors (Lipinski definition) is 2. The molecule has 0 radical (unpaired) electrons. The first-order valence-electron chi connectivity index (χ1n) is 12.0. The highest BCUT2D eigenvalue weighted by Gasteiger charge is 2.25. The first kappa shape index (κ1) is 25.5. The van der Waals surface area contributed by atoms with E-state index in [-0.39, 0.29) is 17.4 Å². The third-order valence-electron chi connectivity index (χ3n) is 5.90. The van der Waals surface area contributed by atoms with Crippen LogP contribution in [0.5, 0.6) is 0 Å². The molecule has 1 aliphatic carbocycles. The molecule has 0 saturated carbocycles. The first-order valence-corrected chi connectivity index (χ1v) is 12.0. The van der Waals surface area contributed by atoms with Crippen molar-refractivity contribution in [3.8, 4) is 12.1 Å². The maximum absolute atomic E-state index is 13.1. The van der Waals surface area contributed by atoms with E-state index in [1.54, 1.807) is 30.3 Å². The highest BCUT2D eigenvalue weighted by atomic mass is 16.3. The van der Waals surface area contributed by atoms with Crippen LogP contribution in [-0.2, 0) is 0 Å². The molecule has 0 spiro atoms. The van der Waals surface area contributed by atoms with Gasteiger partial charge in [-0.05, 0) is 43.7 Å². The maximum atomic E-state index is 13.1. The van der Waals surface area contributed by atoms with Crippen LogP contribution in [0.2, 0.25) is 0 Å². The van der Waals surface area contributed by atoms with Gasteiger partial charge >= 0.3 is 0 Å². The second kappa shape index (κ2) is 11.9. The van der Waals surface area contributed by atoms with Crippen molar-refractivity contribution in [3.63, 3.8) is 0 Å². The lowest BCUT2D eigenvalue weighted by Gasteiger charge is -2.19. The largest absolute Gasteiger partial charge is 0.443 e. The molecule has 7 heteroatoms. The summed E-state index contributed by atoms with van der Waals surface area (Å²) in [5.74, 6) is 0.533. The van der Waals surface area contributed by atoms with Gasteiger partial charge in [-0.3, -0.25) is 4.79 Å². The average molecular weight is 470 g/mol. The number of anilines is 1. The van der Waals surface area contributed by atoms with Crippen molar-refractivity contribution < 1.29 is 9.21 Å². The molecule has 0 aliphatic heterocycles. The van der Waals surface area contributed by atoms with Crippen molar-refractivity contribution in [2.75, 3.05) is 5.32 Å². The summed E-state index contributed by atoms with van der Waals surface area (Å²) in [6.45, 7) is 8.40. The van der Waals surface area contributed by atoms with E-state index in [0.29, 0.717) is 28.3 Å². The highest BCUT2D eigenvalue weighted by molar-refractivity contribution is 6.08. The lowest BCUT2D eigenvalue weighted by molar-refractivity contribution is 0.0945. The van der Waals surface area contributed by atoms with Crippen molar-refractivity contribution in [2.45, 2.75) is 59.0 Å². The summed E-state index contributed by atoms with van der Waals surface area (Å²) in [6, 6.07) is 14.1. The van der Waals surface area contributed by atoms with Crippen molar-refractivity contribution in [1.82, 2.24) is 10.3 Å². The molecule has 4 rings (SSSR count). The van der Waals surface area contributed by atoms with E-state index < -0.39 is 11.9 Å². The van der Waals surface area contributed by atoms with Gasteiger partial charge in [0.05, 0.1) is 12.3 Å². The molecular weight excluding hydrogens is 438 g/mol. The molecule has 3 atom stereocenters. The van der Waals surface area contributed by atoms with Gasteiger partial charge in [-0.15, -0.1) is 0 Å². The molecule has 35 heavy (non-hydrogen) atoms. The number of rotatable bonds is 5. The van der Waals surface area contributed by atoms with E-state index in [4.69, 9.17) is 4.42 Å². The van der Waals surface area contributed by atoms with Crippen molar-refractivity contribution in [2.24, 2.45) is 5.92 Å². The van der Waals surface area contributed by atoms with Gasteiger partial charge in [0, 0.05) is 11.4 Å². The summed E-state index contributed by atoms with van der Waals surface area (Å²) in [4.78, 5) is 17.6. The predicted molar refractivity (Wildman–Crippen MR) is 137 cm³/mol. The minimum Gasteiger partial charge on any atom is -0.443 e. The molecule has 180 valence electrons. The summed E-state index contributed by atoms with van der Waals surface area (Å²) in [7, 11) is 0. The fraction of sp³-hybridized carbons (Fsp3) is 0.357. The standard InChI is InChI=1S/C26H25N5O2.C2H6/c1-16-8-9-19(11-17(2)10-16)30-24-12-20-23(15-29-24)33-22(14-28)25(20)26(32)31-21(13-27)18-6-4-3-5-7-18;1-2/h3-8,12,15,17,19,21H,9-11H2,1-2H3,(H,29,30)(H,31,32);1-2H3. The Bertz CT molecular complexity index is 1280. The van der Waals surface area contributed by atoms with E-state index in [0.717, 1.165) is 19.3 Å². The number of allylic oxidation sites excluding steroid dienone is 1. The Kier molecular flexibility index (Phi) is 8.64. The third kappa shape index (κ3) is 6.07. The van der Waals surface area contributed by atoms with Gasteiger partial charge < -0.3 is 15.1 Å². The predicted octanol–water partition coefficient (Wildman–Crippen LogP) is 6.27. The topological polar surface area (TPSA) is 115 Å². The highest BCUT2D eigenvalue weighted by Crippen LogP contribution is 2.30. The van der Waals surface area contributed by atoms with E-state index >= 15 is 0 Å². The molecule has 7 nitrogen and oxygen atoms in total. The molecule has 0 saturated heterocycles. The van der Waals surface area contributed by atoms with Crippen LogP contribution < -0.4 is 10.6 Å². The summed E-state index contributed by atoms with van der Waals surface area (Å²) >= 11 is 0. The molecule has 3 unspecified atom stereocenters. The molecule has 0 fully saturated rings. The zero-order chi connectivity index (χ0) is 25.4. The number of aromatic nitrogens is 1. The number of nitriles is 2. The number of pyridine rings is 1. The van der Waals surface area contributed by atoms with Gasteiger partial charge in [-0.1, -0.05) is 62.8 Å². The number of fused-ring (bicyclic) bond motifs is 1. The molecule has 1 aliphatic rings. The number of hydrogen-bond acceptors (Lipinski definition) is 6. The average Bonchev–Trinajstić information content (AvgIpc) is 3.16.